The summed E-state index contributed by atoms with van der Waals surface area (Å²) in [6.07, 6.45) is 5.23. The van der Waals surface area contributed by atoms with Gasteiger partial charge in [0.25, 0.3) is 0 Å². The number of phenolic OH excluding ortho intramolecular Hbond substituents is 1. The molecule has 3 aromatic rings. The van der Waals surface area contributed by atoms with Crippen molar-refractivity contribution < 1.29 is 14.9 Å². The highest BCUT2D eigenvalue weighted by Crippen LogP contribution is 2.42. The van der Waals surface area contributed by atoms with Crippen LogP contribution in [-0.4, -0.2) is 16.8 Å². The largest absolute Gasteiger partial charge is 0.507 e. The molecule has 0 spiro atoms. The van der Waals surface area contributed by atoms with Crippen LogP contribution in [0.2, 0.25) is 0 Å². The van der Waals surface area contributed by atoms with E-state index in [1.54, 1.807) is 6.07 Å². The van der Waals surface area contributed by atoms with E-state index in [9.17, 15) is 10.2 Å². The Morgan fingerprint density at radius 1 is 0.900 bits per heavy atom. The van der Waals surface area contributed by atoms with E-state index in [2.05, 4.69) is 18.2 Å². The first-order valence-electron chi connectivity index (χ1n) is 10.6. The van der Waals surface area contributed by atoms with Crippen LogP contribution in [0.25, 0.3) is 6.08 Å². The van der Waals surface area contributed by atoms with Crippen molar-refractivity contribution >= 4 is 6.08 Å². The van der Waals surface area contributed by atoms with Gasteiger partial charge in [-0.25, -0.2) is 0 Å². The number of rotatable bonds is 6. The van der Waals surface area contributed by atoms with Crippen molar-refractivity contribution in [1.29, 1.82) is 0 Å². The molecule has 0 saturated carbocycles. The molecule has 1 fully saturated rings. The Morgan fingerprint density at radius 2 is 1.57 bits per heavy atom. The molecule has 4 rings (SSSR count). The molecule has 0 bridgehead atoms. The van der Waals surface area contributed by atoms with E-state index in [1.165, 1.54) is 5.56 Å². The lowest BCUT2D eigenvalue weighted by Crippen LogP contribution is -2.32. The number of aliphatic hydroxyl groups excluding tert-OH is 1. The summed E-state index contributed by atoms with van der Waals surface area (Å²) in [5, 5.41) is 20.9. The highest BCUT2D eigenvalue weighted by atomic mass is 16.5. The Bertz CT molecular complexity index is 952. The van der Waals surface area contributed by atoms with Crippen LogP contribution in [0.4, 0.5) is 0 Å². The number of phenols is 1. The molecule has 3 nitrogen and oxygen atoms in total. The van der Waals surface area contributed by atoms with E-state index < -0.39 is 6.10 Å². The van der Waals surface area contributed by atoms with Gasteiger partial charge < -0.3 is 14.9 Å². The maximum Gasteiger partial charge on any atom is 0.122 e. The quantitative estimate of drug-likeness (QED) is 0.540. The van der Waals surface area contributed by atoms with Crippen LogP contribution in [-0.2, 0) is 4.74 Å². The Labute approximate surface area is 178 Å². The summed E-state index contributed by atoms with van der Waals surface area (Å²) in [6, 6.07) is 27.5. The van der Waals surface area contributed by atoms with Crippen LogP contribution in [0.3, 0.4) is 0 Å². The van der Waals surface area contributed by atoms with Crippen molar-refractivity contribution in [1.82, 2.24) is 0 Å². The molecule has 4 atom stereocenters. The van der Waals surface area contributed by atoms with Crippen LogP contribution >= 0.6 is 0 Å². The van der Waals surface area contributed by atoms with Crippen molar-refractivity contribution in [2.75, 3.05) is 6.61 Å². The minimum absolute atomic E-state index is 0.000515. The summed E-state index contributed by atoms with van der Waals surface area (Å²) in [5.41, 5.74) is 2.92. The molecular formula is C27H28O3. The standard InChI is InChI=1S/C27H28O3/c28-25-17-8-7-10-20(25)15-9-16-23-18-24(26(29)21-11-3-1-4-12-21)19-30-27(23)22-13-5-2-6-14-22/h1-15,17,23-24,26-29H,16,18-19H2/b15-9+/t23-,24+,26-,27+/m0/s1. The molecule has 2 N–H and O–H groups in total. The van der Waals surface area contributed by atoms with Gasteiger partial charge in [-0.05, 0) is 36.0 Å². The Morgan fingerprint density at radius 3 is 2.30 bits per heavy atom. The number of aromatic hydroxyl groups is 1. The zero-order valence-electron chi connectivity index (χ0n) is 17.0. The first kappa shape index (κ1) is 20.4. The van der Waals surface area contributed by atoms with Crippen molar-refractivity contribution in [3.05, 3.63) is 108 Å². The van der Waals surface area contributed by atoms with Gasteiger partial charge in [0, 0.05) is 11.5 Å². The number of ether oxygens (including phenoxy) is 1. The van der Waals surface area contributed by atoms with E-state index in [0.29, 0.717) is 6.61 Å². The minimum atomic E-state index is -0.535. The lowest BCUT2D eigenvalue weighted by Gasteiger charge is -2.38. The molecule has 0 unspecified atom stereocenters. The summed E-state index contributed by atoms with van der Waals surface area (Å²) in [6.45, 7) is 0.537. The second-order valence-corrected chi connectivity index (χ2v) is 7.97. The van der Waals surface area contributed by atoms with Crippen molar-refractivity contribution in [2.24, 2.45) is 11.8 Å². The summed E-state index contributed by atoms with van der Waals surface area (Å²) >= 11 is 0. The van der Waals surface area contributed by atoms with E-state index >= 15 is 0 Å². The smallest absolute Gasteiger partial charge is 0.122 e. The predicted octanol–water partition coefficient (Wildman–Crippen LogP) is 5.92. The number of hydrogen-bond acceptors (Lipinski definition) is 3. The normalized spacial score (nSPS) is 22.8. The van der Waals surface area contributed by atoms with E-state index in [-0.39, 0.29) is 23.7 Å². The Kier molecular flexibility index (Phi) is 6.63. The third kappa shape index (κ3) is 4.81. The van der Waals surface area contributed by atoms with Gasteiger partial charge >= 0.3 is 0 Å². The van der Waals surface area contributed by atoms with Gasteiger partial charge in [-0.2, -0.15) is 0 Å². The van der Waals surface area contributed by atoms with Crippen molar-refractivity contribution in [2.45, 2.75) is 25.0 Å². The molecule has 30 heavy (non-hydrogen) atoms. The number of allylic oxidation sites excluding steroid dienone is 1. The molecule has 0 aromatic heterocycles. The molecular weight excluding hydrogens is 372 g/mol. The van der Waals surface area contributed by atoms with Gasteiger partial charge in [0.2, 0.25) is 0 Å². The fraction of sp³-hybridized carbons (Fsp3) is 0.259. The van der Waals surface area contributed by atoms with Crippen LogP contribution in [0, 0.1) is 11.8 Å². The molecule has 1 heterocycles. The fourth-order valence-corrected chi connectivity index (χ4v) is 4.32. The second-order valence-electron chi connectivity index (χ2n) is 7.97. The molecule has 154 valence electrons. The lowest BCUT2D eigenvalue weighted by molar-refractivity contribution is -0.0900. The molecule has 0 aliphatic carbocycles. The van der Waals surface area contributed by atoms with Gasteiger partial charge in [-0.3, -0.25) is 0 Å². The van der Waals surface area contributed by atoms with E-state index in [4.69, 9.17) is 4.74 Å². The second kappa shape index (κ2) is 9.75. The maximum absolute atomic E-state index is 10.9. The molecule has 1 saturated heterocycles. The number of hydrogen-bond donors (Lipinski definition) is 2. The molecule has 0 radical (unpaired) electrons. The molecule has 1 aliphatic heterocycles. The number of para-hydroxylation sites is 1. The topological polar surface area (TPSA) is 49.7 Å². The fourth-order valence-electron chi connectivity index (χ4n) is 4.32. The average molecular weight is 401 g/mol. The van der Waals surface area contributed by atoms with Crippen LogP contribution < -0.4 is 0 Å². The lowest BCUT2D eigenvalue weighted by atomic mass is 9.79. The first-order chi connectivity index (χ1) is 14.7. The maximum atomic E-state index is 10.9. The van der Waals surface area contributed by atoms with Gasteiger partial charge in [0.1, 0.15) is 5.75 Å². The first-order valence-corrected chi connectivity index (χ1v) is 10.6. The molecule has 0 amide bonds. The highest BCUT2D eigenvalue weighted by molar-refractivity contribution is 5.56. The van der Waals surface area contributed by atoms with Crippen molar-refractivity contribution in [3.63, 3.8) is 0 Å². The molecule has 1 aliphatic rings. The molecule has 3 aromatic carbocycles. The summed E-state index contributed by atoms with van der Waals surface area (Å²) in [4.78, 5) is 0. The van der Waals surface area contributed by atoms with Gasteiger partial charge in [-0.1, -0.05) is 91.0 Å². The van der Waals surface area contributed by atoms with Gasteiger partial charge in [0.05, 0.1) is 18.8 Å². The Hall–Kier alpha value is -2.88. The summed E-state index contributed by atoms with van der Waals surface area (Å²) < 4.78 is 6.32. The zero-order valence-corrected chi connectivity index (χ0v) is 17.0. The van der Waals surface area contributed by atoms with E-state index in [1.807, 2.05) is 72.8 Å². The monoisotopic (exact) mass is 400 g/mol. The van der Waals surface area contributed by atoms with Crippen LogP contribution in [0.15, 0.2) is 91.0 Å². The van der Waals surface area contributed by atoms with E-state index in [0.717, 1.165) is 24.0 Å². The Balaban J connectivity index is 1.52. The minimum Gasteiger partial charge on any atom is -0.507 e. The summed E-state index contributed by atoms with van der Waals surface area (Å²) in [7, 11) is 0. The average Bonchev–Trinajstić information content (AvgIpc) is 2.81. The number of aliphatic hydroxyl groups is 1. The SMILES string of the molecule is Oc1ccccc1/C=C/C[C@H]1C[C@@H]([C@@H](O)c2ccccc2)CO[C@@H]1c1ccccc1. The third-order valence-electron chi connectivity index (χ3n) is 5.91. The van der Waals surface area contributed by atoms with Crippen LogP contribution in [0.1, 0.15) is 41.7 Å². The third-order valence-corrected chi connectivity index (χ3v) is 5.91. The van der Waals surface area contributed by atoms with Crippen LogP contribution in [0.5, 0.6) is 5.75 Å². The van der Waals surface area contributed by atoms with Crippen molar-refractivity contribution in [3.8, 4) is 5.75 Å². The highest BCUT2D eigenvalue weighted by Gasteiger charge is 2.35. The summed E-state index contributed by atoms with van der Waals surface area (Å²) in [5.74, 6) is 0.577. The zero-order chi connectivity index (χ0) is 20.8. The van der Waals surface area contributed by atoms with Gasteiger partial charge in [0.15, 0.2) is 0 Å². The van der Waals surface area contributed by atoms with Gasteiger partial charge in [-0.15, -0.1) is 0 Å². The number of benzene rings is 3. The predicted molar refractivity (Wildman–Crippen MR) is 120 cm³/mol. The molecule has 3 heteroatoms.